The molecule has 0 spiro atoms. The maximum absolute atomic E-state index is 13.8. The second kappa shape index (κ2) is 6.94. The number of hydrogen-bond acceptors (Lipinski definition) is 3. The topological polar surface area (TPSA) is 61.4 Å². The highest BCUT2D eigenvalue weighted by atomic mass is 32.1. The Labute approximate surface area is 159 Å². The number of alkyl halides is 3. The van der Waals surface area contributed by atoms with E-state index in [4.69, 9.17) is 12.2 Å². The first kappa shape index (κ1) is 19.3. The molecule has 0 bridgehead atoms. The first-order chi connectivity index (χ1) is 12.6. The van der Waals surface area contributed by atoms with Gasteiger partial charge in [0.15, 0.2) is 10.9 Å². The number of nitrogens with one attached hydrogen (secondary N) is 2. The van der Waals surface area contributed by atoms with Gasteiger partial charge >= 0.3 is 6.18 Å². The fraction of sp³-hybridized carbons (Fsp3) is 0.263. The summed E-state index contributed by atoms with van der Waals surface area (Å²) in [5, 5.41) is 14.8. The van der Waals surface area contributed by atoms with Crippen LogP contribution in [0.4, 0.5) is 13.2 Å². The summed E-state index contributed by atoms with van der Waals surface area (Å²) in [5.41, 5.74) is -2.11. The number of hydrogen-bond donors (Lipinski definition) is 3. The van der Waals surface area contributed by atoms with Crippen LogP contribution in [-0.4, -0.2) is 27.9 Å². The molecule has 2 aromatic rings. The van der Waals surface area contributed by atoms with Crippen LogP contribution in [0.3, 0.4) is 0 Å². The lowest BCUT2D eigenvalue weighted by atomic mass is 9.77. The molecule has 0 radical (unpaired) electrons. The molecule has 8 heteroatoms. The molecule has 2 aromatic carbocycles. The molecule has 1 fully saturated rings. The standard InChI is InChI=1S/C19H17F3N2O2S/c1-11-7-9-12(10-8-11)15-14(16(25)13-5-3-2-4-6-13)18(26,19(20,21)22)24-17(27)23-15/h2-10,14-15,26H,1H3,(H2,23,24,27)/t14-,15+,18+/m0/s1. The van der Waals surface area contributed by atoms with Crippen LogP contribution < -0.4 is 10.6 Å². The summed E-state index contributed by atoms with van der Waals surface area (Å²) in [6, 6.07) is 13.1. The Kier molecular flexibility index (Phi) is 4.96. The Morgan fingerprint density at radius 2 is 1.70 bits per heavy atom. The number of rotatable bonds is 3. The maximum atomic E-state index is 13.8. The average molecular weight is 394 g/mol. The van der Waals surface area contributed by atoms with E-state index in [1.54, 1.807) is 42.5 Å². The van der Waals surface area contributed by atoms with Gasteiger partial charge in [0.2, 0.25) is 5.72 Å². The maximum Gasteiger partial charge on any atom is 0.437 e. The molecule has 0 aromatic heterocycles. The molecule has 0 unspecified atom stereocenters. The highest BCUT2D eigenvalue weighted by Gasteiger charge is 2.65. The van der Waals surface area contributed by atoms with Gasteiger partial charge in [-0.05, 0) is 24.7 Å². The summed E-state index contributed by atoms with van der Waals surface area (Å²) in [6.45, 7) is 1.84. The van der Waals surface area contributed by atoms with Crippen molar-refractivity contribution in [1.82, 2.24) is 10.6 Å². The summed E-state index contributed by atoms with van der Waals surface area (Å²) >= 11 is 4.89. The first-order valence-electron chi connectivity index (χ1n) is 8.17. The van der Waals surface area contributed by atoms with Gasteiger partial charge in [-0.3, -0.25) is 4.79 Å². The second-order valence-corrected chi connectivity index (χ2v) is 6.87. The molecule has 3 N–H and O–H groups in total. The quantitative estimate of drug-likeness (QED) is 0.551. The van der Waals surface area contributed by atoms with Crippen LogP contribution in [0.15, 0.2) is 54.6 Å². The van der Waals surface area contributed by atoms with Crippen molar-refractivity contribution in [3.05, 3.63) is 71.3 Å². The van der Waals surface area contributed by atoms with E-state index in [1.807, 2.05) is 12.2 Å². The monoisotopic (exact) mass is 394 g/mol. The van der Waals surface area contributed by atoms with E-state index in [0.29, 0.717) is 5.56 Å². The third-order valence-corrected chi connectivity index (χ3v) is 4.80. The molecule has 0 amide bonds. The highest BCUT2D eigenvalue weighted by Crippen LogP contribution is 2.43. The van der Waals surface area contributed by atoms with Crippen molar-refractivity contribution in [2.75, 3.05) is 0 Å². The van der Waals surface area contributed by atoms with E-state index in [1.165, 1.54) is 12.1 Å². The van der Waals surface area contributed by atoms with Crippen LogP contribution in [0, 0.1) is 12.8 Å². The van der Waals surface area contributed by atoms with Crippen molar-refractivity contribution in [1.29, 1.82) is 0 Å². The molecule has 3 atom stereocenters. The van der Waals surface area contributed by atoms with E-state index in [2.05, 4.69) is 5.32 Å². The van der Waals surface area contributed by atoms with E-state index < -0.39 is 29.6 Å². The lowest BCUT2D eigenvalue weighted by Gasteiger charge is -2.46. The molecule has 27 heavy (non-hydrogen) atoms. The molecular formula is C19H17F3N2O2S. The van der Waals surface area contributed by atoms with Crippen molar-refractivity contribution < 1.29 is 23.1 Å². The zero-order chi connectivity index (χ0) is 19.8. The van der Waals surface area contributed by atoms with E-state index in [-0.39, 0.29) is 10.7 Å². The minimum absolute atomic E-state index is 0.0682. The summed E-state index contributed by atoms with van der Waals surface area (Å²) in [4.78, 5) is 13.0. The Balaban J connectivity index is 2.15. The zero-order valence-corrected chi connectivity index (χ0v) is 15.1. The Morgan fingerprint density at radius 1 is 1.11 bits per heavy atom. The van der Waals surface area contributed by atoms with Crippen LogP contribution in [-0.2, 0) is 0 Å². The van der Waals surface area contributed by atoms with Gasteiger partial charge in [-0.1, -0.05) is 60.2 Å². The average Bonchev–Trinajstić information content (AvgIpc) is 2.61. The van der Waals surface area contributed by atoms with Gasteiger partial charge in [0, 0.05) is 5.56 Å². The zero-order valence-electron chi connectivity index (χ0n) is 14.2. The molecule has 0 saturated carbocycles. The minimum Gasteiger partial charge on any atom is -0.363 e. The summed E-state index contributed by atoms with van der Waals surface area (Å²) in [7, 11) is 0. The molecular weight excluding hydrogens is 377 g/mol. The van der Waals surface area contributed by atoms with E-state index in [0.717, 1.165) is 5.56 Å². The van der Waals surface area contributed by atoms with Crippen LogP contribution >= 0.6 is 12.2 Å². The van der Waals surface area contributed by atoms with Crippen LogP contribution in [0.2, 0.25) is 0 Å². The molecule has 1 aliphatic rings. The number of aryl methyl sites for hydroxylation is 1. The van der Waals surface area contributed by atoms with Crippen molar-refractivity contribution in [2.45, 2.75) is 24.9 Å². The first-order valence-corrected chi connectivity index (χ1v) is 8.58. The van der Waals surface area contributed by atoms with Crippen molar-refractivity contribution in [3.63, 3.8) is 0 Å². The molecule has 0 aliphatic carbocycles. The van der Waals surface area contributed by atoms with Crippen LogP contribution in [0.1, 0.15) is 27.5 Å². The van der Waals surface area contributed by atoms with Crippen molar-refractivity contribution in [3.8, 4) is 0 Å². The van der Waals surface area contributed by atoms with Gasteiger partial charge in [-0.2, -0.15) is 13.2 Å². The third-order valence-electron chi connectivity index (χ3n) is 4.58. The Hall–Kier alpha value is -2.45. The van der Waals surface area contributed by atoms with Gasteiger partial charge in [-0.15, -0.1) is 0 Å². The molecule has 4 nitrogen and oxygen atoms in total. The van der Waals surface area contributed by atoms with Crippen LogP contribution in [0.25, 0.3) is 0 Å². The third kappa shape index (κ3) is 3.54. The van der Waals surface area contributed by atoms with E-state index >= 15 is 0 Å². The second-order valence-electron chi connectivity index (χ2n) is 6.46. The molecule has 1 saturated heterocycles. The molecule has 3 rings (SSSR count). The number of carbonyl (C=O) groups excluding carboxylic acids is 1. The SMILES string of the molecule is Cc1ccc([C@H]2NC(=S)N[C@](O)(C(F)(F)F)[C@@H]2C(=O)c2ccccc2)cc1. The summed E-state index contributed by atoms with van der Waals surface area (Å²) < 4.78 is 41.5. The number of Topliss-reactive ketones (excluding diaryl/α,β-unsaturated/α-hetero) is 1. The largest absolute Gasteiger partial charge is 0.437 e. The summed E-state index contributed by atoms with van der Waals surface area (Å²) in [6.07, 6.45) is -5.13. The highest BCUT2D eigenvalue weighted by molar-refractivity contribution is 7.80. The smallest absolute Gasteiger partial charge is 0.363 e. The number of ketones is 1. The van der Waals surface area contributed by atoms with Gasteiger partial charge in [0.05, 0.1) is 6.04 Å². The minimum atomic E-state index is -5.13. The molecule has 1 heterocycles. The number of aliphatic hydroxyl groups is 1. The molecule has 142 valence electrons. The fourth-order valence-corrected chi connectivity index (χ4v) is 3.46. The predicted molar refractivity (Wildman–Crippen MR) is 98.1 cm³/mol. The van der Waals surface area contributed by atoms with Crippen LogP contribution in [0.5, 0.6) is 0 Å². The number of thiocarbonyl (C=S) groups is 1. The van der Waals surface area contributed by atoms with Gasteiger partial charge in [0.25, 0.3) is 0 Å². The fourth-order valence-electron chi connectivity index (χ4n) is 3.17. The molecule has 1 aliphatic heterocycles. The van der Waals surface area contributed by atoms with Crippen molar-refractivity contribution in [2.24, 2.45) is 5.92 Å². The van der Waals surface area contributed by atoms with E-state index in [9.17, 15) is 23.1 Å². The normalized spacial score (nSPS) is 25.4. The van der Waals surface area contributed by atoms with Crippen molar-refractivity contribution >= 4 is 23.1 Å². The van der Waals surface area contributed by atoms with Gasteiger partial charge in [-0.25, -0.2) is 0 Å². The predicted octanol–water partition coefficient (Wildman–Crippen LogP) is 3.26. The lowest BCUT2D eigenvalue weighted by molar-refractivity contribution is -0.285. The van der Waals surface area contributed by atoms with Gasteiger partial charge < -0.3 is 15.7 Å². The Morgan fingerprint density at radius 3 is 2.26 bits per heavy atom. The lowest BCUT2D eigenvalue weighted by Crippen LogP contribution is -2.72. The number of halogens is 3. The Bertz CT molecular complexity index is 856. The number of carbonyl (C=O) groups is 1. The summed E-state index contributed by atoms with van der Waals surface area (Å²) in [5.74, 6) is -2.72. The van der Waals surface area contributed by atoms with Gasteiger partial charge in [0.1, 0.15) is 5.92 Å². The number of benzene rings is 2.